The molecule has 126 valence electrons. The van der Waals surface area contributed by atoms with E-state index in [4.69, 9.17) is 21.2 Å². The van der Waals surface area contributed by atoms with Crippen LogP contribution in [0, 0.1) is 5.82 Å². The van der Waals surface area contributed by atoms with Crippen molar-refractivity contribution in [1.29, 1.82) is 0 Å². The molecule has 0 saturated carbocycles. The van der Waals surface area contributed by atoms with Crippen LogP contribution in [0.5, 0.6) is 5.75 Å². The number of carbonyl (C=O) groups excluding carboxylic acids is 1. The van der Waals surface area contributed by atoms with E-state index in [0.717, 1.165) is 11.3 Å². The molecule has 7 heteroatoms. The van der Waals surface area contributed by atoms with Crippen molar-refractivity contribution in [3.05, 3.63) is 58.9 Å². The molecule has 2 aromatic rings. The summed E-state index contributed by atoms with van der Waals surface area (Å²) in [6.07, 6.45) is 1.48. The fourth-order valence-corrected chi connectivity index (χ4v) is 1.96. The number of halogens is 2. The second kappa shape index (κ2) is 8.88. The maximum atomic E-state index is 13.0. The van der Waals surface area contributed by atoms with Gasteiger partial charge < -0.3 is 14.9 Å². The average Bonchev–Trinajstić information content (AvgIpc) is 2.57. The lowest BCUT2D eigenvalue weighted by Crippen LogP contribution is -2.17. The SMILES string of the molecule is CCOc1ccc(/C=N\OCC(=O)Nc2ccc(F)c(Cl)c2)cc1. The number of nitrogens with zero attached hydrogens (tertiary/aromatic N) is 1. The molecule has 0 fully saturated rings. The van der Waals surface area contributed by atoms with Gasteiger partial charge in [-0.15, -0.1) is 0 Å². The molecule has 0 bridgehead atoms. The predicted octanol–water partition coefficient (Wildman–Crippen LogP) is 3.87. The molecule has 0 heterocycles. The van der Waals surface area contributed by atoms with E-state index >= 15 is 0 Å². The van der Waals surface area contributed by atoms with Crippen molar-refractivity contribution in [3.63, 3.8) is 0 Å². The first-order valence-corrected chi connectivity index (χ1v) is 7.59. The van der Waals surface area contributed by atoms with Crippen LogP contribution in [-0.4, -0.2) is 25.3 Å². The van der Waals surface area contributed by atoms with Crippen molar-refractivity contribution in [2.45, 2.75) is 6.92 Å². The van der Waals surface area contributed by atoms with Crippen LogP contribution in [0.1, 0.15) is 12.5 Å². The fraction of sp³-hybridized carbons (Fsp3) is 0.176. The maximum absolute atomic E-state index is 13.0. The quantitative estimate of drug-likeness (QED) is 0.609. The number of hydrogen-bond donors (Lipinski definition) is 1. The number of ether oxygens (including phenoxy) is 1. The molecule has 2 rings (SSSR count). The zero-order valence-electron chi connectivity index (χ0n) is 13.0. The van der Waals surface area contributed by atoms with Gasteiger partial charge in [-0.1, -0.05) is 16.8 Å². The standard InChI is InChI=1S/C17H16ClFN2O3/c1-2-23-14-6-3-12(4-7-14)10-20-24-11-17(22)21-13-5-8-16(19)15(18)9-13/h3-10H,2,11H2,1H3,(H,21,22)/b20-10-. The molecule has 0 unspecified atom stereocenters. The Bertz CT molecular complexity index is 720. The first-order valence-electron chi connectivity index (χ1n) is 7.21. The van der Waals surface area contributed by atoms with Crippen LogP contribution in [-0.2, 0) is 9.63 Å². The highest BCUT2D eigenvalue weighted by Gasteiger charge is 2.05. The van der Waals surface area contributed by atoms with Crippen molar-refractivity contribution in [3.8, 4) is 5.75 Å². The maximum Gasteiger partial charge on any atom is 0.265 e. The topological polar surface area (TPSA) is 59.9 Å². The molecule has 0 saturated heterocycles. The Morgan fingerprint density at radius 1 is 1.29 bits per heavy atom. The van der Waals surface area contributed by atoms with Crippen LogP contribution in [0.2, 0.25) is 5.02 Å². The summed E-state index contributed by atoms with van der Waals surface area (Å²) in [5.41, 5.74) is 1.19. The van der Waals surface area contributed by atoms with E-state index in [2.05, 4.69) is 10.5 Å². The minimum absolute atomic E-state index is 0.0674. The average molecular weight is 351 g/mol. The van der Waals surface area contributed by atoms with Gasteiger partial charge in [-0.25, -0.2) is 4.39 Å². The van der Waals surface area contributed by atoms with Crippen LogP contribution in [0.25, 0.3) is 0 Å². The lowest BCUT2D eigenvalue weighted by molar-refractivity contribution is -0.120. The molecule has 2 aromatic carbocycles. The minimum atomic E-state index is -0.550. The highest BCUT2D eigenvalue weighted by molar-refractivity contribution is 6.31. The number of anilines is 1. The van der Waals surface area contributed by atoms with Gasteiger partial charge in [0.05, 0.1) is 17.8 Å². The molecule has 0 aliphatic rings. The van der Waals surface area contributed by atoms with Gasteiger partial charge in [0, 0.05) is 5.69 Å². The third-order valence-corrected chi connectivity index (χ3v) is 3.16. The summed E-state index contributed by atoms with van der Waals surface area (Å²) < 4.78 is 18.3. The van der Waals surface area contributed by atoms with E-state index in [0.29, 0.717) is 12.3 Å². The number of amides is 1. The number of nitrogens with one attached hydrogen (secondary N) is 1. The summed E-state index contributed by atoms with van der Waals surface area (Å²) in [5.74, 6) is -0.208. The number of benzene rings is 2. The van der Waals surface area contributed by atoms with Gasteiger partial charge in [-0.05, 0) is 55.0 Å². The first kappa shape index (κ1) is 17.7. The van der Waals surface area contributed by atoms with E-state index in [1.165, 1.54) is 24.4 Å². The van der Waals surface area contributed by atoms with Gasteiger partial charge in [0.2, 0.25) is 0 Å². The fourth-order valence-electron chi connectivity index (χ4n) is 1.78. The summed E-state index contributed by atoms with van der Waals surface area (Å²) in [7, 11) is 0. The van der Waals surface area contributed by atoms with Gasteiger partial charge >= 0.3 is 0 Å². The van der Waals surface area contributed by atoms with Crippen molar-refractivity contribution >= 4 is 29.4 Å². The van der Waals surface area contributed by atoms with Crippen molar-refractivity contribution < 1.29 is 18.8 Å². The van der Waals surface area contributed by atoms with Crippen LogP contribution < -0.4 is 10.1 Å². The molecule has 1 amide bonds. The Kier molecular flexibility index (Phi) is 6.57. The zero-order chi connectivity index (χ0) is 17.4. The highest BCUT2D eigenvalue weighted by Crippen LogP contribution is 2.19. The van der Waals surface area contributed by atoms with Gasteiger partial charge in [0.25, 0.3) is 5.91 Å². The predicted molar refractivity (Wildman–Crippen MR) is 91.2 cm³/mol. The Labute approximate surface area is 144 Å². The summed E-state index contributed by atoms with van der Waals surface area (Å²) >= 11 is 5.63. The van der Waals surface area contributed by atoms with Crippen molar-refractivity contribution in [1.82, 2.24) is 0 Å². The number of rotatable bonds is 7. The van der Waals surface area contributed by atoms with Crippen LogP contribution in [0.3, 0.4) is 0 Å². The van der Waals surface area contributed by atoms with E-state index in [9.17, 15) is 9.18 Å². The van der Waals surface area contributed by atoms with E-state index < -0.39 is 11.7 Å². The Hall–Kier alpha value is -2.60. The monoisotopic (exact) mass is 350 g/mol. The smallest absolute Gasteiger partial charge is 0.265 e. The third kappa shape index (κ3) is 5.55. The molecule has 1 N–H and O–H groups in total. The molecule has 0 atom stereocenters. The molecular weight excluding hydrogens is 335 g/mol. The highest BCUT2D eigenvalue weighted by atomic mass is 35.5. The molecule has 5 nitrogen and oxygen atoms in total. The Balaban J connectivity index is 1.78. The van der Waals surface area contributed by atoms with Crippen LogP contribution in [0.15, 0.2) is 47.6 Å². The number of carbonyl (C=O) groups is 1. The molecule has 0 aliphatic heterocycles. The molecule has 0 radical (unpaired) electrons. The summed E-state index contributed by atoms with van der Waals surface area (Å²) in [6.45, 7) is 2.24. The molecule has 24 heavy (non-hydrogen) atoms. The Morgan fingerprint density at radius 3 is 2.71 bits per heavy atom. The third-order valence-electron chi connectivity index (χ3n) is 2.87. The largest absolute Gasteiger partial charge is 0.494 e. The number of oxime groups is 1. The lowest BCUT2D eigenvalue weighted by atomic mass is 10.2. The second-order valence-electron chi connectivity index (χ2n) is 4.69. The van der Waals surface area contributed by atoms with Gasteiger partial charge in [-0.2, -0.15) is 0 Å². The normalized spacial score (nSPS) is 10.6. The Morgan fingerprint density at radius 2 is 2.04 bits per heavy atom. The van der Waals surface area contributed by atoms with Crippen LogP contribution >= 0.6 is 11.6 Å². The summed E-state index contributed by atoms with van der Waals surface area (Å²) in [5, 5.41) is 6.18. The van der Waals surface area contributed by atoms with Crippen LogP contribution in [0.4, 0.5) is 10.1 Å². The molecule has 0 spiro atoms. The van der Waals surface area contributed by atoms with E-state index in [1.54, 1.807) is 0 Å². The zero-order valence-corrected chi connectivity index (χ0v) is 13.7. The lowest BCUT2D eigenvalue weighted by Gasteiger charge is -2.05. The second-order valence-corrected chi connectivity index (χ2v) is 5.09. The van der Waals surface area contributed by atoms with Crippen molar-refractivity contribution in [2.24, 2.45) is 5.16 Å². The summed E-state index contributed by atoms with van der Waals surface area (Å²) in [4.78, 5) is 16.6. The van der Waals surface area contributed by atoms with E-state index in [1.807, 2.05) is 31.2 Å². The van der Waals surface area contributed by atoms with Gasteiger partial charge in [0.15, 0.2) is 6.61 Å². The molecule has 0 aliphatic carbocycles. The minimum Gasteiger partial charge on any atom is -0.494 e. The van der Waals surface area contributed by atoms with Crippen molar-refractivity contribution in [2.75, 3.05) is 18.5 Å². The first-order chi connectivity index (χ1) is 11.6. The van der Waals surface area contributed by atoms with E-state index in [-0.39, 0.29) is 11.6 Å². The molecular formula is C17H16ClFN2O3. The van der Waals surface area contributed by atoms with Gasteiger partial charge in [0.1, 0.15) is 11.6 Å². The molecule has 0 aromatic heterocycles. The number of hydrogen-bond acceptors (Lipinski definition) is 4. The van der Waals surface area contributed by atoms with Gasteiger partial charge in [-0.3, -0.25) is 4.79 Å². The summed E-state index contributed by atoms with van der Waals surface area (Å²) in [6, 6.07) is 11.2.